The van der Waals surface area contributed by atoms with Crippen molar-refractivity contribution in [3.8, 4) is 0 Å². The molecule has 88 valence electrons. The molecule has 0 radical (unpaired) electrons. The SMILES string of the molecule is CCCNC(=O)NC(C(=O)O)C(C)(C)C. The van der Waals surface area contributed by atoms with Crippen molar-refractivity contribution in [2.75, 3.05) is 6.54 Å². The first-order chi connectivity index (χ1) is 6.79. The molecule has 0 fully saturated rings. The summed E-state index contributed by atoms with van der Waals surface area (Å²) >= 11 is 0. The third-order valence-electron chi connectivity index (χ3n) is 1.92. The van der Waals surface area contributed by atoms with Crippen LogP contribution in [-0.4, -0.2) is 29.7 Å². The zero-order valence-electron chi connectivity index (χ0n) is 9.76. The second-order valence-electron chi connectivity index (χ2n) is 4.54. The highest BCUT2D eigenvalue weighted by Gasteiger charge is 2.32. The first kappa shape index (κ1) is 13.7. The van der Waals surface area contributed by atoms with E-state index in [0.717, 1.165) is 6.42 Å². The molecule has 0 rings (SSSR count). The summed E-state index contributed by atoms with van der Waals surface area (Å²) in [7, 11) is 0. The number of carboxylic acid groups (broad SMARTS) is 1. The van der Waals surface area contributed by atoms with Gasteiger partial charge >= 0.3 is 12.0 Å². The van der Waals surface area contributed by atoms with Crippen LogP contribution in [0.25, 0.3) is 0 Å². The monoisotopic (exact) mass is 216 g/mol. The number of carbonyl (C=O) groups is 2. The van der Waals surface area contributed by atoms with Gasteiger partial charge in [0.2, 0.25) is 0 Å². The molecule has 0 aliphatic rings. The van der Waals surface area contributed by atoms with Gasteiger partial charge < -0.3 is 15.7 Å². The summed E-state index contributed by atoms with van der Waals surface area (Å²) < 4.78 is 0. The number of carboxylic acids is 1. The molecular weight excluding hydrogens is 196 g/mol. The Labute approximate surface area is 90.2 Å². The predicted octanol–water partition coefficient (Wildman–Crippen LogP) is 1.19. The van der Waals surface area contributed by atoms with Crippen molar-refractivity contribution < 1.29 is 14.7 Å². The summed E-state index contributed by atoms with van der Waals surface area (Å²) in [5.74, 6) is -1.02. The van der Waals surface area contributed by atoms with Crippen LogP contribution in [0.15, 0.2) is 0 Å². The summed E-state index contributed by atoms with van der Waals surface area (Å²) in [6.07, 6.45) is 0.820. The van der Waals surface area contributed by atoms with Crippen molar-refractivity contribution in [2.24, 2.45) is 5.41 Å². The Morgan fingerprint density at radius 3 is 2.20 bits per heavy atom. The van der Waals surface area contributed by atoms with Crippen molar-refractivity contribution in [3.05, 3.63) is 0 Å². The third-order valence-corrected chi connectivity index (χ3v) is 1.92. The molecule has 0 aromatic carbocycles. The second-order valence-corrected chi connectivity index (χ2v) is 4.54. The average Bonchev–Trinajstić information content (AvgIpc) is 2.08. The average molecular weight is 216 g/mol. The van der Waals surface area contributed by atoms with E-state index in [2.05, 4.69) is 10.6 Å². The molecule has 0 aromatic rings. The number of aliphatic carboxylic acids is 1. The van der Waals surface area contributed by atoms with E-state index in [9.17, 15) is 9.59 Å². The second kappa shape index (κ2) is 5.58. The number of amides is 2. The van der Waals surface area contributed by atoms with E-state index in [1.807, 2.05) is 6.92 Å². The Morgan fingerprint density at radius 1 is 1.33 bits per heavy atom. The van der Waals surface area contributed by atoms with E-state index in [1.54, 1.807) is 20.8 Å². The molecule has 0 bridgehead atoms. The molecule has 3 N–H and O–H groups in total. The van der Waals surface area contributed by atoms with E-state index in [4.69, 9.17) is 5.11 Å². The molecular formula is C10H20N2O3. The first-order valence-corrected chi connectivity index (χ1v) is 5.06. The minimum absolute atomic E-state index is 0.431. The van der Waals surface area contributed by atoms with Gasteiger partial charge in [-0.25, -0.2) is 9.59 Å². The summed E-state index contributed by atoms with van der Waals surface area (Å²) in [4.78, 5) is 22.2. The number of urea groups is 1. The molecule has 5 heteroatoms. The van der Waals surface area contributed by atoms with Gasteiger partial charge in [0.1, 0.15) is 6.04 Å². The maximum atomic E-state index is 11.3. The minimum atomic E-state index is -1.02. The fourth-order valence-electron chi connectivity index (χ4n) is 1.07. The fraction of sp³-hybridized carbons (Fsp3) is 0.800. The summed E-state index contributed by atoms with van der Waals surface area (Å²) in [6, 6.07) is -1.31. The van der Waals surface area contributed by atoms with E-state index in [-0.39, 0.29) is 0 Å². The van der Waals surface area contributed by atoms with Crippen LogP contribution >= 0.6 is 0 Å². The Bertz CT molecular complexity index is 233. The third kappa shape index (κ3) is 5.24. The van der Waals surface area contributed by atoms with Crippen LogP contribution in [0.2, 0.25) is 0 Å². The van der Waals surface area contributed by atoms with Gasteiger partial charge in [-0.1, -0.05) is 27.7 Å². The highest BCUT2D eigenvalue weighted by atomic mass is 16.4. The minimum Gasteiger partial charge on any atom is -0.480 e. The van der Waals surface area contributed by atoms with Crippen LogP contribution in [0.3, 0.4) is 0 Å². The van der Waals surface area contributed by atoms with Gasteiger partial charge in [-0.3, -0.25) is 0 Å². The molecule has 0 saturated carbocycles. The number of rotatable bonds is 4. The van der Waals surface area contributed by atoms with Gasteiger partial charge in [0.05, 0.1) is 0 Å². The molecule has 0 aliphatic heterocycles. The molecule has 0 aromatic heterocycles. The summed E-state index contributed by atoms with van der Waals surface area (Å²) in [6.45, 7) is 7.78. The van der Waals surface area contributed by atoms with Gasteiger partial charge in [-0.15, -0.1) is 0 Å². The molecule has 2 amide bonds. The number of hydrogen-bond acceptors (Lipinski definition) is 2. The Morgan fingerprint density at radius 2 is 1.87 bits per heavy atom. The molecule has 0 aliphatic carbocycles. The lowest BCUT2D eigenvalue weighted by molar-refractivity contribution is -0.141. The van der Waals surface area contributed by atoms with Crippen molar-refractivity contribution >= 4 is 12.0 Å². The highest BCUT2D eigenvalue weighted by molar-refractivity contribution is 5.83. The first-order valence-electron chi connectivity index (χ1n) is 5.06. The molecule has 1 atom stereocenters. The molecule has 5 nitrogen and oxygen atoms in total. The van der Waals surface area contributed by atoms with Gasteiger partial charge in [-0.2, -0.15) is 0 Å². The topological polar surface area (TPSA) is 78.4 Å². The smallest absolute Gasteiger partial charge is 0.326 e. The maximum Gasteiger partial charge on any atom is 0.326 e. The van der Waals surface area contributed by atoms with Gasteiger partial charge in [0, 0.05) is 6.54 Å². The van der Waals surface area contributed by atoms with Gasteiger partial charge in [0.25, 0.3) is 0 Å². The van der Waals surface area contributed by atoms with E-state index < -0.39 is 23.5 Å². The summed E-state index contributed by atoms with van der Waals surface area (Å²) in [5.41, 5.74) is -0.505. The molecule has 0 heterocycles. The molecule has 0 spiro atoms. The standard InChI is InChI=1S/C10H20N2O3/c1-5-6-11-9(15)12-7(8(13)14)10(2,3)4/h7H,5-6H2,1-4H3,(H,13,14)(H2,11,12,15). The van der Waals surface area contributed by atoms with Crippen LogP contribution in [0.5, 0.6) is 0 Å². The fourth-order valence-corrected chi connectivity index (χ4v) is 1.07. The Kier molecular flexibility index (Phi) is 5.11. The van der Waals surface area contributed by atoms with Gasteiger partial charge in [0.15, 0.2) is 0 Å². The van der Waals surface area contributed by atoms with Crippen LogP contribution < -0.4 is 10.6 Å². The largest absolute Gasteiger partial charge is 0.480 e. The van der Waals surface area contributed by atoms with E-state index in [0.29, 0.717) is 6.54 Å². The molecule has 0 saturated heterocycles. The van der Waals surface area contributed by atoms with Crippen LogP contribution in [0.1, 0.15) is 34.1 Å². The van der Waals surface area contributed by atoms with E-state index in [1.165, 1.54) is 0 Å². The van der Waals surface area contributed by atoms with E-state index >= 15 is 0 Å². The van der Waals surface area contributed by atoms with Crippen molar-refractivity contribution in [1.29, 1.82) is 0 Å². The lowest BCUT2D eigenvalue weighted by Crippen LogP contribution is -2.52. The zero-order valence-corrected chi connectivity index (χ0v) is 9.76. The van der Waals surface area contributed by atoms with Crippen LogP contribution in [-0.2, 0) is 4.79 Å². The van der Waals surface area contributed by atoms with Crippen LogP contribution in [0.4, 0.5) is 4.79 Å². The Balaban J connectivity index is 4.31. The lowest BCUT2D eigenvalue weighted by Gasteiger charge is -2.27. The quantitative estimate of drug-likeness (QED) is 0.660. The maximum absolute atomic E-state index is 11.3. The highest BCUT2D eigenvalue weighted by Crippen LogP contribution is 2.19. The zero-order chi connectivity index (χ0) is 12.1. The van der Waals surface area contributed by atoms with Crippen molar-refractivity contribution in [3.63, 3.8) is 0 Å². The molecule has 15 heavy (non-hydrogen) atoms. The molecule has 1 unspecified atom stereocenters. The normalized spacial score (nSPS) is 13.1. The lowest BCUT2D eigenvalue weighted by atomic mass is 9.87. The van der Waals surface area contributed by atoms with Crippen LogP contribution in [0, 0.1) is 5.41 Å². The number of nitrogens with one attached hydrogen (secondary N) is 2. The summed E-state index contributed by atoms with van der Waals surface area (Å²) in [5, 5.41) is 14.0. The van der Waals surface area contributed by atoms with Crippen molar-refractivity contribution in [2.45, 2.75) is 40.2 Å². The Hall–Kier alpha value is -1.26. The predicted molar refractivity (Wildman–Crippen MR) is 57.7 cm³/mol. The van der Waals surface area contributed by atoms with Gasteiger partial charge in [-0.05, 0) is 11.8 Å². The van der Waals surface area contributed by atoms with Crippen molar-refractivity contribution in [1.82, 2.24) is 10.6 Å². The number of hydrogen-bond donors (Lipinski definition) is 3. The number of carbonyl (C=O) groups excluding carboxylic acids is 1.